The topological polar surface area (TPSA) is 46.3 Å². The third-order valence-corrected chi connectivity index (χ3v) is 3.83. The average molecular weight is 240 g/mol. The predicted octanol–water partition coefficient (Wildman–Crippen LogP) is 2.26. The van der Waals surface area contributed by atoms with E-state index < -0.39 is 0 Å². The molecule has 17 heavy (non-hydrogen) atoms. The fourth-order valence-corrected chi connectivity index (χ4v) is 2.72. The molecule has 1 rings (SSSR count). The third-order valence-electron chi connectivity index (χ3n) is 3.83. The van der Waals surface area contributed by atoms with Crippen molar-refractivity contribution in [3.05, 3.63) is 0 Å². The second-order valence-corrected chi connectivity index (χ2v) is 5.99. The number of nitrogens with two attached hydrogens (primary N) is 1. The zero-order chi connectivity index (χ0) is 12.8. The fraction of sp³-hybridized carbons (Fsp3) is 0.929. The molecule has 0 aliphatic heterocycles. The lowest BCUT2D eigenvalue weighted by Gasteiger charge is -2.29. The maximum atomic E-state index is 12.0. The molecule has 1 amide bonds. The summed E-state index contributed by atoms with van der Waals surface area (Å²) in [5, 5.41) is 0. The summed E-state index contributed by atoms with van der Waals surface area (Å²) in [5.74, 6) is 2.17. The van der Waals surface area contributed by atoms with Crippen LogP contribution >= 0.6 is 0 Å². The number of amides is 1. The van der Waals surface area contributed by atoms with Gasteiger partial charge in [-0.05, 0) is 50.0 Å². The first-order valence-electron chi connectivity index (χ1n) is 6.97. The van der Waals surface area contributed by atoms with Gasteiger partial charge in [-0.3, -0.25) is 4.79 Å². The lowest BCUT2D eigenvalue weighted by Crippen LogP contribution is -2.32. The van der Waals surface area contributed by atoms with Crippen LogP contribution in [0.1, 0.15) is 46.0 Å². The Kier molecular flexibility index (Phi) is 5.96. The molecular weight excluding hydrogens is 212 g/mol. The smallest absolute Gasteiger partial charge is 0.222 e. The number of carbonyl (C=O) groups is 1. The van der Waals surface area contributed by atoms with Crippen molar-refractivity contribution in [2.45, 2.75) is 46.0 Å². The summed E-state index contributed by atoms with van der Waals surface area (Å²) in [5.41, 5.74) is 5.68. The average Bonchev–Trinajstić information content (AvgIpc) is 2.29. The summed E-state index contributed by atoms with van der Waals surface area (Å²) in [6, 6.07) is 0. The van der Waals surface area contributed by atoms with Gasteiger partial charge in [0.25, 0.3) is 0 Å². The number of carbonyl (C=O) groups excluding carboxylic acids is 1. The van der Waals surface area contributed by atoms with Gasteiger partial charge in [-0.15, -0.1) is 0 Å². The van der Waals surface area contributed by atoms with E-state index in [1.807, 2.05) is 11.9 Å². The van der Waals surface area contributed by atoms with Crippen molar-refractivity contribution in [3.8, 4) is 0 Å². The Morgan fingerprint density at radius 2 is 1.76 bits per heavy atom. The molecular formula is C14H28N2O. The number of hydrogen-bond donors (Lipinski definition) is 1. The fourth-order valence-electron chi connectivity index (χ4n) is 2.72. The summed E-state index contributed by atoms with van der Waals surface area (Å²) in [6.07, 6.45) is 5.53. The van der Waals surface area contributed by atoms with Crippen LogP contribution in [-0.4, -0.2) is 30.9 Å². The first-order chi connectivity index (χ1) is 8.02. The molecule has 100 valence electrons. The van der Waals surface area contributed by atoms with E-state index in [4.69, 9.17) is 5.73 Å². The van der Waals surface area contributed by atoms with Crippen molar-refractivity contribution in [1.82, 2.24) is 4.90 Å². The summed E-state index contributed by atoms with van der Waals surface area (Å²) in [6.45, 7) is 5.98. The Hall–Kier alpha value is -0.570. The first kappa shape index (κ1) is 14.5. The van der Waals surface area contributed by atoms with Gasteiger partial charge in [-0.25, -0.2) is 0 Å². The van der Waals surface area contributed by atoms with Crippen LogP contribution < -0.4 is 5.73 Å². The van der Waals surface area contributed by atoms with E-state index in [9.17, 15) is 4.79 Å². The highest BCUT2D eigenvalue weighted by Gasteiger charge is 2.23. The SMILES string of the molecule is CC(C)CN(C)C(=O)CC1CCC(CN)CC1. The van der Waals surface area contributed by atoms with Gasteiger partial charge in [0, 0.05) is 20.0 Å². The molecule has 0 atom stereocenters. The molecule has 0 unspecified atom stereocenters. The molecule has 3 heteroatoms. The van der Waals surface area contributed by atoms with E-state index in [-0.39, 0.29) is 0 Å². The lowest BCUT2D eigenvalue weighted by atomic mass is 9.80. The van der Waals surface area contributed by atoms with Gasteiger partial charge in [-0.1, -0.05) is 13.8 Å². The molecule has 0 aromatic heterocycles. The highest BCUT2D eigenvalue weighted by Crippen LogP contribution is 2.30. The largest absolute Gasteiger partial charge is 0.345 e. The van der Waals surface area contributed by atoms with Gasteiger partial charge in [0.15, 0.2) is 0 Å². The first-order valence-corrected chi connectivity index (χ1v) is 6.97. The van der Waals surface area contributed by atoms with Gasteiger partial charge in [0.2, 0.25) is 5.91 Å². The van der Waals surface area contributed by atoms with Crippen molar-refractivity contribution < 1.29 is 4.79 Å². The van der Waals surface area contributed by atoms with Crippen LogP contribution in [0.15, 0.2) is 0 Å². The van der Waals surface area contributed by atoms with Crippen molar-refractivity contribution in [1.29, 1.82) is 0 Å². The number of rotatable bonds is 5. The monoisotopic (exact) mass is 240 g/mol. The Bertz CT molecular complexity index is 232. The van der Waals surface area contributed by atoms with Crippen LogP contribution in [0.3, 0.4) is 0 Å². The molecule has 0 radical (unpaired) electrons. The third kappa shape index (κ3) is 5.07. The van der Waals surface area contributed by atoms with Crippen LogP contribution in [0.5, 0.6) is 0 Å². The van der Waals surface area contributed by atoms with Gasteiger partial charge < -0.3 is 10.6 Å². The predicted molar refractivity (Wildman–Crippen MR) is 71.6 cm³/mol. The Morgan fingerprint density at radius 3 is 2.24 bits per heavy atom. The van der Waals surface area contributed by atoms with E-state index in [0.29, 0.717) is 23.7 Å². The molecule has 1 aliphatic carbocycles. The molecule has 0 spiro atoms. The molecule has 1 saturated carbocycles. The second-order valence-electron chi connectivity index (χ2n) is 5.99. The van der Waals surface area contributed by atoms with Crippen molar-refractivity contribution in [3.63, 3.8) is 0 Å². The van der Waals surface area contributed by atoms with Crippen molar-refractivity contribution in [2.75, 3.05) is 20.1 Å². The van der Waals surface area contributed by atoms with Crippen LogP contribution in [0, 0.1) is 17.8 Å². The molecule has 1 aliphatic rings. The molecule has 0 aromatic rings. The molecule has 0 aromatic carbocycles. The number of nitrogens with zero attached hydrogens (tertiary/aromatic N) is 1. The highest BCUT2D eigenvalue weighted by atomic mass is 16.2. The van der Waals surface area contributed by atoms with E-state index in [1.165, 1.54) is 25.7 Å². The Balaban J connectivity index is 2.27. The van der Waals surface area contributed by atoms with Gasteiger partial charge >= 0.3 is 0 Å². The van der Waals surface area contributed by atoms with Gasteiger partial charge in [0.05, 0.1) is 0 Å². The van der Waals surface area contributed by atoms with E-state index in [1.54, 1.807) is 0 Å². The molecule has 0 saturated heterocycles. The van der Waals surface area contributed by atoms with Crippen molar-refractivity contribution >= 4 is 5.91 Å². The molecule has 0 bridgehead atoms. The van der Waals surface area contributed by atoms with Crippen LogP contribution in [0.25, 0.3) is 0 Å². The molecule has 0 heterocycles. The Labute approximate surface area is 106 Å². The summed E-state index contributed by atoms with van der Waals surface area (Å²) >= 11 is 0. The van der Waals surface area contributed by atoms with E-state index in [0.717, 1.165) is 19.5 Å². The minimum absolute atomic E-state index is 0.315. The quantitative estimate of drug-likeness (QED) is 0.801. The highest BCUT2D eigenvalue weighted by molar-refractivity contribution is 5.76. The molecule has 1 fully saturated rings. The summed E-state index contributed by atoms with van der Waals surface area (Å²) < 4.78 is 0. The van der Waals surface area contributed by atoms with Gasteiger partial charge in [0.1, 0.15) is 0 Å². The minimum Gasteiger partial charge on any atom is -0.345 e. The van der Waals surface area contributed by atoms with E-state index >= 15 is 0 Å². The zero-order valence-corrected chi connectivity index (χ0v) is 11.6. The second kappa shape index (κ2) is 7.00. The van der Waals surface area contributed by atoms with Gasteiger partial charge in [-0.2, -0.15) is 0 Å². The van der Waals surface area contributed by atoms with Crippen LogP contribution in [0.2, 0.25) is 0 Å². The van der Waals surface area contributed by atoms with Crippen LogP contribution in [0.4, 0.5) is 0 Å². The molecule has 2 N–H and O–H groups in total. The summed E-state index contributed by atoms with van der Waals surface area (Å²) in [7, 11) is 1.92. The normalized spacial score (nSPS) is 25.0. The standard InChI is InChI=1S/C14H28N2O/c1-11(2)10-16(3)14(17)8-12-4-6-13(9-15)7-5-12/h11-13H,4-10,15H2,1-3H3. The molecule has 3 nitrogen and oxygen atoms in total. The minimum atomic E-state index is 0.315. The Morgan fingerprint density at radius 1 is 1.24 bits per heavy atom. The van der Waals surface area contributed by atoms with Crippen LogP contribution in [-0.2, 0) is 4.79 Å². The maximum absolute atomic E-state index is 12.0. The maximum Gasteiger partial charge on any atom is 0.222 e. The lowest BCUT2D eigenvalue weighted by molar-refractivity contribution is -0.131. The zero-order valence-electron chi connectivity index (χ0n) is 11.6. The van der Waals surface area contributed by atoms with E-state index in [2.05, 4.69) is 13.8 Å². The summed E-state index contributed by atoms with van der Waals surface area (Å²) in [4.78, 5) is 13.9. The number of hydrogen-bond acceptors (Lipinski definition) is 2. The van der Waals surface area contributed by atoms with Crippen molar-refractivity contribution in [2.24, 2.45) is 23.5 Å².